The Bertz CT molecular complexity index is 1290. The Morgan fingerprint density at radius 1 is 1.06 bits per heavy atom. The fourth-order valence-corrected chi connectivity index (χ4v) is 5.88. The van der Waals surface area contributed by atoms with Crippen LogP contribution in [0.25, 0.3) is 10.2 Å². The number of thiophene rings is 1. The molecule has 0 saturated heterocycles. The first kappa shape index (κ1) is 21.1. The number of benzene rings is 1. The first-order valence-electron chi connectivity index (χ1n) is 11.4. The van der Waals surface area contributed by atoms with E-state index in [1.54, 1.807) is 11.5 Å². The van der Waals surface area contributed by atoms with Crippen molar-refractivity contribution in [1.29, 1.82) is 0 Å². The van der Waals surface area contributed by atoms with E-state index in [2.05, 4.69) is 0 Å². The van der Waals surface area contributed by atoms with E-state index in [-0.39, 0.29) is 17.9 Å². The van der Waals surface area contributed by atoms with Crippen LogP contribution in [0.2, 0.25) is 0 Å². The van der Waals surface area contributed by atoms with E-state index < -0.39 is 5.97 Å². The molecule has 0 atom stereocenters. The molecule has 2 aliphatic rings. The number of nitrogens with zero attached hydrogens (tertiary/aromatic N) is 2. The van der Waals surface area contributed by atoms with Crippen LogP contribution in [0.5, 0.6) is 0 Å². The van der Waals surface area contributed by atoms with Crippen LogP contribution in [0.15, 0.2) is 23.0 Å². The van der Waals surface area contributed by atoms with Crippen molar-refractivity contribution in [2.45, 2.75) is 64.8 Å². The van der Waals surface area contributed by atoms with Crippen molar-refractivity contribution in [3.05, 3.63) is 61.5 Å². The Morgan fingerprint density at radius 2 is 1.84 bits per heavy atom. The molecular weight excluding hydrogens is 424 g/mol. The number of carbonyl (C=O) groups is 2. The maximum atomic E-state index is 13.1. The zero-order valence-corrected chi connectivity index (χ0v) is 19.1. The molecule has 3 aromatic rings. The Labute approximate surface area is 190 Å². The van der Waals surface area contributed by atoms with E-state index in [1.807, 2.05) is 18.2 Å². The number of carbonyl (C=O) groups excluding carboxylic acids is 2. The number of hydrogen-bond donors (Lipinski definition) is 0. The first-order chi connectivity index (χ1) is 15.5. The van der Waals surface area contributed by atoms with Crippen molar-refractivity contribution in [3.8, 4) is 0 Å². The summed E-state index contributed by atoms with van der Waals surface area (Å²) in [5.41, 5.74) is 3.62. The molecule has 32 heavy (non-hydrogen) atoms. The van der Waals surface area contributed by atoms with Crippen LogP contribution in [0.3, 0.4) is 0 Å². The molecule has 0 spiro atoms. The molecular formula is C25H26N2O4S. The normalized spacial score (nSPS) is 15.7. The smallest absolute Gasteiger partial charge is 0.349 e. The minimum atomic E-state index is -0.573. The van der Waals surface area contributed by atoms with Crippen molar-refractivity contribution in [2.75, 3.05) is 6.61 Å². The molecule has 0 unspecified atom stereocenters. The number of ketones is 1. The summed E-state index contributed by atoms with van der Waals surface area (Å²) in [6.45, 7) is 2.11. The van der Waals surface area contributed by atoms with Gasteiger partial charge in [0.25, 0.3) is 5.56 Å². The highest BCUT2D eigenvalue weighted by atomic mass is 32.1. The molecule has 5 rings (SSSR count). The molecule has 7 heteroatoms. The maximum absolute atomic E-state index is 13.1. The number of aryl methyl sites for hydroxylation is 4. The third-order valence-corrected chi connectivity index (χ3v) is 7.77. The molecule has 0 saturated carbocycles. The highest BCUT2D eigenvalue weighted by Gasteiger charge is 2.24. The van der Waals surface area contributed by atoms with Gasteiger partial charge < -0.3 is 4.74 Å². The summed E-state index contributed by atoms with van der Waals surface area (Å²) in [6, 6.07) is 5.78. The van der Waals surface area contributed by atoms with Gasteiger partial charge in [0, 0.05) is 18.5 Å². The quantitative estimate of drug-likeness (QED) is 0.435. The van der Waals surface area contributed by atoms with Crippen LogP contribution in [0.4, 0.5) is 0 Å². The van der Waals surface area contributed by atoms with Gasteiger partial charge in [-0.2, -0.15) is 0 Å². The van der Waals surface area contributed by atoms with Crippen LogP contribution < -0.4 is 5.56 Å². The zero-order valence-electron chi connectivity index (χ0n) is 18.2. The van der Waals surface area contributed by atoms with Gasteiger partial charge in [-0.25, -0.2) is 9.78 Å². The van der Waals surface area contributed by atoms with Crippen molar-refractivity contribution < 1.29 is 14.3 Å². The molecule has 3 heterocycles. The first-order valence-corrected chi connectivity index (χ1v) is 12.2. The Morgan fingerprint density at radius 3 is 2.69 bits per heavy atom. The minimum Gasteiger partial charge on any atom is -0.453 e. The lowest BCUT2D eigenvalue weighted by Gasteiger charge is -2.16. The van der Waals surface area contributed by atoms with Crippen LogP contribution in [-0.4, -0.2) is 27.9 Å². The van der Waals surface area contributed by atoms with E-state index in [4.69, 9.17) is 9.72 Å². The Balaban J connectivity index is 1.36. The van der Waals surface area contributed by atoms with E-state index in [1.165, 1.54) is 28.9 Å². The van der Waals surface area contributed by atoms with Crippen LogP contribution in [-0.2, 0) is 30.5 Å². The van der Waals surface area contributed by atoms with Crippen molar-refractivity contribution >= 4 is 33.3 Å². The Kier molecular flexibility index (Phi) is 5.67. The number of hydrogen-bond acceptors (Lipinski definition) is 6. The molecule has 0 fully saturated rings. The molecule has 1 aromatic carbocycles. The second-order valence-corrected chi connectivity index (χ2v) is 9.72. The highest BCUT2D eigenvalue weighted by Crippen LogP contribution is 2.29. The number of Topliss-reactive ketones (excluding diaryl/α,β-unsaturated/α-hetero) is 1. The summed E-state index contributed by atoms with van der Waals surface area (Å²) in [5, 5.41) is 0.494. The van der Waals surface area contributed by atoms with Gasteiger partial charge in [-0.05, 0) is 68.2 Å². The summed E-state index contributed by atoms with van der Waals surface area (Å²) in [6.07, 6.45) is 8.22. The summed E-state index contributed by atoms with van der Waals surface area (Å²) < 4.78 is 7.12. The molecule has 166 valence electrons. The second-order valence-electron chi connectivity index (χ2n) is 8.72. The molecule has 1 aliphatic heterocycles. The predicted molar refractivity (Wildman–Crippen MR) is 124 cm³/mol. The fraction of sp³-hybridized carbons (Fsp3) is 0.440. The molecule has 0 amide bonds. The average molecular weight is 451 g/mol. The van der Waals surface area contributed by atoms with Gasteiger partial charge in [0.05, 0.1) is 5.39 Å². The summed E-state index contributed by atoms with van der Waals surface area (Å²) in [4.78, 5) is 44.1. The minimum absolute atomic E-state index is 0.0789. The van der Waals surface area contributed by atoms with E-state index in [0.717, 1.165) is 50.8 Å². The standard InChI is InChI=1S/C25H26N2O4S/c1-15-21-23(26-20-9-3-2-6-12-27(20)24(21)29)32-22(15)25(30)31-14-19(28)18-11-10-16-7-4-5-8-17(16)13-18/h10-11,13H,2-9,12,14H2,1H3. The summed E-state index contributed by atoms with van der Waals surface area (Å²) in [7, 11) is 0. The van der Waals surface area contributed by atoms with Crippen molar-refractivity contribution in [1.82, 2.24) is 9.55 Å². The van der Waals surface area contributed by atoms with Crippen LogP contribution in [0, 0.1) is 6.92 Å². The van der Waals surface area contributed by atoms with Gasteiger partial charge in [0.15, 0.2) is 12.4 Å². The Hall–Kier alpha value is -2.80. The second kappa shape index (κ2) is 8.62. The zero-order chi connectivity index (χ0) is 22.2. The summed E-state index contributed by atoms with van der Waals surface area (Å²) in [5.74, 6) is 0.00977. The highest BCUT2D eigenvalue weighted by molar-refractivity contribution is 7.20. The van der Waals surface area contributed by atoms with Gasteiger partial charge in [-0.1, -0.05) is 18.6 Å². The van der Waals surface area contributed by atoms with Crippen LogP contribution >= 0.6 is 11.3 Å². The number of rotatable bonds is 4. The largest absolute Gasteiger partial charge is 0.453 e. The predicted octanol–water partition coefficient (Wildman–Crippen LogP) is 4.41. The topological polar surface area (TPSA) is 78.3 Å². The van der Waals surface area contributed by atoms with Gasteiger partial charge in [-0.15, -0.1) is 11.3 Å². The van der Waals surface area contributed by atoms with Crippen molar-refractivity contribution in [2.24, 2.45) is 0 Å². The van der Waals surface area contributed by atoms with Gasteiger partial charge in [-0.3, -0.25) is 14.2 Å². The number of fused-ring (bicyclic) bond motifs is 3. The molecule has 2 aromatic heterocycles. The summed E-state index contributed by atoms with van der Waals surface area (Å²) >= 11 is 1.18. The number of esters is 1. The van der Waals surface area contributed by atoms with Gasteiger partial charge >= 0.3 is 5.97 Å². The van der Waals surface area contributed by atoms with E-state index in [9.17, 15) is 14.4 Å². The fourth-order valence-electron chi connectivity index (χ4n) is 4.79. The maximum Gasteiger partial charge on any atom is 0.349 e. The lowest BCUT2D eigenvalue weighted by molar-refractivity contribution is 0.0479. The van der Waals surface area contributed by atoms with Gasteiger partial charge in [0.1, 0.15) is 15.5 Å². The van der Waals surface area contributed by atoms with Gasteiger partial charge in [0.2, 0.25) is 0 Å². The van der Waals surface area contributed by atoms with E-state index >= 15 is 0 Å². The van der Waals surface area contributed by atoms with E-state index in [0.29, 0.717) is 32.8 Å². The third kappa shape index (κ3) is 3.79. The molecule has 6 nitrogen and oxygen atoms in total. The average Bonchev–Trinajstić information content (AvgIpc) is 2.97. The monoisotopic (exact) mass is 450 g/mol. The number of aromatic nitrogens is 2. The molecule has 0 N–H and O–H groups in total. The third-order valence-electron chi connectivity index (χ3n) is 6.60. The molecule has 0 radical (unpaired) electrons. The molecule has 1 aliphatic carbocycles. The molecule has 0 bridgehead atoms. The SMILES string of the molecule is Cc1c(C(=O)OCC(=O)c2ccc3c(c2)CCCC3)sc2nc3n(c(=O)c12)CCCCC3. The number of ether oxygens (including phenoxy) is 1. The van der Waals surface area contributed by atoms with Crippen molar-refractivity contribution in [3.63, 3.8) is 0 Å². The lowest BCUT2D eigenvalue weighted by atomic mass is 9.90. The van der Waals surface area contributed by atoms with Crippen LogP contribution in [0.1, 0.15) is 74.6 Å². The lowest BCUT2D eigenvalue weighted by Crippen LogP contribution is -2.24.